The zero-order valence-corrected chi connectivity index (χ0v) is 12.6. The van der Waals surface area contributed by atoms with Crippen LogP contribution in [0.15, 0.2) is 64.7 Å². The fourth-order valence-electron chi connectivity index (χ4n) is 2.55. The van der Waals surface area contributed by atoms with Gasteiger partial charge < -0.3 is 0 Å². The number of para-hydroxylation sites is 2. The Morgan fingerprint density at radius 1 is 1.00 bits per heavy atom. The highest BCUT2D eigenvalue weighted by Gasteiger charge is 2.33. The highest BCUT2D eigenvalue weighted by atomic mass is 15.4. The Bertz CT molecular complexity index is 699. The second-order valence-corrected chi connectivity index (χ2v) is 5.74. The van der Waals surface area contributed by atoms with E-state index in [4.69, 9.17) is 4.99 Å². The van der Waals surface area contributed by atoms with E-state index in [1.807, 2.05) is 54.7 Å². The van der Waals surface area contributed by atoms with Crippen molar-refractivity contribution in [3.63, 3.8) is 0 Å². The van der Waals surface area contributed by atoms with Crippen molar-refractivity contribution in [2.75, 3.05) is 12.1 Å². The number of anilines is 1. The quantitative estimate of drug-likeness (QED) is 0.611. The number of hydrogen-bond donors (Lipinski definition) is 0. The normalized spacial score (nSPS) is 15.9. The zero-order valence-electron chi connectivity index (χ0n) is 12.6. The molecule has 3 rings (SSSR count). The van der Waals surface area contributed by atoms with E-state index in [9.17, 15) is 0 Å². The highest BCUT2D eigenvalue weighted by Crippen LogP contribution is 2.39. The predicted octanol–water partition coefficient (Wildman–Crippen LogP) is 4.17. The Balaban J connectivity index is 1.85. The molecule has 2 aromatic carbocycles. The third-order valence-corrected chi connectivity index (χ3v) is 3.94. The summed E-state index contributed by atoms with van der Waals surface area (Å²) < 4.78 is 0. The summed E-state index contributed by atoms with van der Waals surface area (Å²) in [7, 11) is 1.95. The van der Waals surface area contributed by atoms with Crippen LogP contribution in [-0.2, 0) is 5.41 Å². The van der Waals surface area contributed by atoms with Crippen molar-refractivity contribution < 1.29 is 0 Å². The van der Waals surface area contributed by atoms with E-state index < -0.39 is 0 Å². The molecule has 0 N–H and O–H groups in total. The van der Waals surface area contributed by atoms with Gasteiger partial charge in [-0.3, -0.25) is 10.0 Å². The van der Waals surface area contributed by atoms with Gasteiger partial charge in [0.15, 0.2) is 0 Å². The third-order valence-electron chi connectivity index (χ3n) is 3.94. The van der Waals surface area contributed by atoms with Crippen molar-refractivity contribution in [2.45, 2.75) is 19.3 Å². The molecule has 0 atom stereocenters. The number of nitrogens with zero attached hydrogens (tertiary/aromatic N) is 3. The summed E-state index contributed by atoms with van der Waals surface area (Å²) in [6.07, 6.45) is 1.87. The summed E-state index contributed by atoms with van der Waals surface area (Å²) in [6, 6.07) is 18.4. The molecule has 0 saturated carbocycles. The molecule has 0 fully saturated rings. The van der Waals surface area contributed by atoms with Crippen molar-refractivity contribution in [2.24, 2.45) is 10.1 Å². The molecule has 0 saturated heterocycles. The lowest BCUT2D eigenvalue weighted by molar-refractivity contribution is 0.744. The van der Waals surface area contributed by atoms with Crippen LogP contribution in [0.5, 0.6) is 0 Å². The van der Waals surface area contributed by atoms with Gasteiger partial charge in [0.2, 0.25) is 0 Å². The number of hydrazone groups is 1. The van der Waals surface area contributed by atoms with E-state index in [0.29, 0.717) is 0 Å². The molecule has 3 nitrogen and oxygen atoms in total. The standard InChI is InChI=1S/C18H19N3/c1-18(2)15-11-7-8-12-16(15)20-17(18)13-19-21(3)14-9-5-4-6-10-14/h4-13H,1-3H3/b19-13+. The summed E-state index contributed by atoms with van der Waals surface area (Å²) in [5.74, 6) is 0. The number of fused-ring (bicyclic) bond motifs is 1. The van der Waals surface area contributed by atoms with Gasteiger partial charge in [-0.15, -0.1) is 0 Å². The lowest BCUT2D eigenvalue weighted by Gasteiger charge is -2.20. The fourth-order valence-corrected chi connectivity index (χ4v) is 2.55. The molecule has 1 aliphatic heterocycles. The van der Waals surface area contributed by atoms with Crippen molar-refractivity contribution in [1.82, 2.24) is 0 Å². The maximum Gasteiger partial charge on any atom is 0.0712 e. The molecule has 0 aromatic heterocycles. The number of hydrogen-bond acceptors (Lipinski definition) is 3. The second kappa shape index (κ2) is 5.17. The molecule has 0 spiro atoms. The average molecular weight is 277 g/mol. The van der Waals surface area contributed by atoms with Crippen molar-refractivity contribution in [3.8, 4) is 0 Å². The molecule has 3 heteroatoms. The molecular weight excluding hydrogens is 258 g/mol. The summed E-state index contributed by atoms with van der Waals surface area (Å²) >= 11 is 0. The Morgan fingerprint density at radius 3 is 2.38 bits per heavy atom. The minimum absolute atomic E-state index is 0.0996. The van der Waals surface area contributed by atoms with E-state index in [1.54, 1.807) is 0 Å². The molecule has 106 valence electrons. The molecule has 0 amide bonds. The summed E-state index contributed by atoms with van der Waals surface area (Å²) in [4.78, 5) is 4.71. The Kier molecular flexibility index (Phi) is 3.34. The van der Waals surface area contributed by atoms with Crippen LogP contribution in [0.1, 0.15) is 19.4 Å². The van der Waals surface area contributed by atoms with Crippen molar-refractivity contribution >= 4 is 23.3 Å². The van der Waals surface area contributed by atoms with E-state index in [2.05, 4.69) is 37.1 Å². The minimum atomic E-state index is -0.0996. The first kappa shape index (κ1) is 13.6. The zero-order chi connectivity index (χ0) is 14.9. The van der Waals surface area contributed by atoms with Gasteiger partial charge in [0.25, 0.3) is 0 Å². The largest absolute Gasteiger partial charge is 0.269 e. The van der Waals surface area contributed by atoms with Crippen LogP contribution in [0.25, 0.3) is 0 Å². The molecule has 0 bridgehead atoms. The number of rotatable bonds is 3. The topological polar surface area (TPSA) is 28.0 Å². The van der Waals surface area contributed by atoms with E-state index >= 15 is 0 Å². The fraction of sp³-hybridized carbons (Fsp3) is 0.222. The van der Waals surface area contributed by atoms with Gasteiger partial charge in [0.05, 0.1) is 23.3 Å². The van der Waals surface area contributed by atoms with Crippen LogP contribution in [0, 0.1) is 0 Å². The van der Waals surface area contributed by atoms with Gasteiger partial charge in [0, 0.05) is 12.5 Å². The van der Waals surface area contributed by atoms with Crippen molar-refractivity contribution in [1.29, 1.82) is 0 Å². The average Bonchev–Trinajstić information content (AvgIpc) is 2.77. The van der Waals surface area contributed by atoms with Gasteiger partial charge in [-0.25, -0.2) is 0 Å². The van der Waals surface area contributed by atoms with Crippen LogP contribution in [-0.4, -0.2) is 19.0 Å². The summed E-state index contributed by atoms with van der Waals surface area (Å²) in [5.41, 5.74) is 4.26. The van der Waals surface area contributed by atoms with Crippen LogP contribution < -0.4 is 5.01 Å². The monoisotopic (exact) mass is 277 g/mol. The summed E-state index contributed by atoms with van der Waals surface area (Å²) in [5, 5.41) is 6.40. The van der Waals surface area contributed by atoms with E-state index in [-0.39, 0.29) is 5.41 Å². The Hall–Kier alpha value is -2.42. The molecule has 2 aromatic rings. The number of benzene rings is 2. The SMILES string of the molecule is CN(/N=C/C1=Nc2ccccc2C1(C)C)c1ccccc1. The first-order valence-electron chi connectivity index (χ1n) is 7.10. The molecule has 0 radical (unpaired) electrons. The Morgan fingerprint density at radius 2 is 1.67 bits per heavy atom. The van der Waals surface area contributed by atoms with Gasteiger partial charge >= 0.3 is 0 Å². The van der Waals surface area contributed by atoms with Gasteiger partial charge in [0.1, 0.15) is 0 Å². The van der Waals surface area contributed by atoms with Crippen LogP contribution in [0.4, 0.5) is 11.4 Å². The Labute approximate surface area is 125 Å². The highest BCUT2D eigenvalue weighted by molar-refractivity contribution is 6.36. The van der Waals surface area contributed by atoms with Crippen LogP contribution in [0.2, 0.25) is 0 Å². The predicted molar refractivity (Wildman–Crippen MR) is 89.9 cm³/mol. The minimum Gasteiger partial charge on any atom is -0.269 e. The molecule has 1 heterocycles. The van der Waals surface area contributed by atoms with Gasteiger partial charge in [-0.05, 0) is 23.8 Å². The molecule has 0 unspecified atom stereocenters. The maximum atomic E-state index is 4.71. The smallest absolute Gasteiger partial charge is 0.0712 e. The molecule has 1 aliphatic rings. The van der Waals surface area contributed by atoms with Crippen LogP contribution in [0.3, 0.4) is 0 Å². The van der Waals surface area contributed by atoms with Crippen molar-refractivity contribution in [3.05, 3.63) is 60.2 Å². The second-order valence-electron chi connectivity index (χ2n) is 5.74. The lowest BCUT2D eigenvalue weighted by atomic mass is 9.82. The lowest BCUT2D eigenvalue weighted by Crippen LogP contribution is -2.27. The molecular formula is C18H19N3. The number of aliphatic imine (C=N–C) groups is 1. The van der Waals surface area contributed by atoms with Crippen LogP contribution >= 0.6 is 0 Å². The first-order valence-corrected chi connectivity index (χ1v) is 7.10. The van der Waals surface area contributed by atoms with Gasteiger partial charge in [-0.1, -0.05) is 50.2 Å². The molecule has 0 aliphatic carbocycles. The summed E-state index contributed by atoms with van der Waals surface area (Å²) in [6.45, 7) is 4.37. The first-order chi connectivity index (χ1) is 10.1. The van der Waals surface area contributed by atoms with E-state index in [0.717, 1.165) is 17.1 Å². The van der Waals surface area contributed by atoms with E-state index in [1.165, 1.54) is 5.56 Å². The molecule has 21 heavy (non-hydrogen) atoms. The maximum absolute atomic E-state index is 4.71. The van der Waals surface area contributed by atoms with Gasteiger partial charge in [-0.2, -0.15) is 5.10 Å². The third kappa shape index (κ3) is 2.47.